The van der Waals surface area contributed by atoms with Gasteiger partial charge < -0.3 is 5.32 Å². The van der Waals surface area contributed by atoms with Gasteiger partial charge in [-0.05, 0) is 44.3 Å². The third kappa shape index (κ3) is 5.32. The topological polar surface area (TPSA) is 12.0 Å². The first-order chi connectivity index (χ1) is 7.86. The molecule has 16 heavy (non-hydrogen) atoms. The molecule has 0 aliphatic carbocycles. The van der Waals surface area contributed by atoms with Crippen molar-refractivity contribution in [3.8, 4) is 0 Å². The molecular weight excluding hydrogens is 194 g/mol. The molecule has 0 aliphatic heterocycles. The van der Waals surface area contributed by atoms with Crippen molar-refractivity contribution in [2.24, 2.45) is 5.92 Å². The van der Waals surface area contributed by atoms with Gasteiger partial charge >= 0.3 is 0 Å². The molecule has 1 aromatic carbocycles. The highest BCUT2D eigenvalue weighted by Gasteiger charge is 2.07. The van der Waals surface area contributed by atoms with E-state index in [0.29, 0.717) is 0 Å². The number of hydrogen-bond donors (Lipinski definition) is 1. The predicted octanol–water partition coefficient (Wildman–Crippen LogP) is 3.65. The number of rotatable bonds is 8. The minimum atomic E-state index is 0.838. The minimum Gasteiger partial charge on any atom is -0.319 e. The lowest BCUT2D eigenvalue weighted by Crippen LogP contribution is -2.19. The van der Waals surface area contributed by atoms with Crippen molar-refractivity contribution >= 4 is 0 Å². The van der Waals surface area contributed by atoms with Gasteiger partial charge in [0.1, 0.15) is 0 Å². The Hall–Kier alpha value is -0.820. The molecule has 90 valence electrons. The molecule has 0 saturated heterocycles. The van der Waals surface area contributed by atoms with Gasteiger partial charge in [0.05, 0.1) is 0 Å². The van der Waals surface area contributed by atoms with Crippen LogP contribution in [-0.2, 0) is 6.42 Å². The van der Waals surface area contributed by atoms with Gasteiger partial charge in [-0.3, -0.25) is 0 Å². The Balaban J connectivity index is 2.31. The summed E-state index contributed by atoms with van der Waals surface area (Å²) in [5, 5.41) is 3.31. The molecule has 0 spiro atoms. The monoisotopic (exact) mass is 219 g/mol. The standard InChI is InChI=1S/C15H25N/c1-3-4-8-15(13-16-2)12-11-14-9-6-5-7-10-14/h5-7,9-10,15-16H,3-4,8,11-13H2,1-2H3. The summed E-state index contributed by atoms with van der Waals surface area (Å²) in [5.41, 5.74) is 1.47. The van der Waals surface area contributed by atoms with Crippen LogP contribution in [0, 0.1) is 5.92 Å². The Morgan fingerprint density at radius 2 is 1.88 bits per heavy atom. The Morgan fingerprint density at radius 3 is 2.50 bits per heavy atom. The van der Waals surface area contributed by atoms with Crippen LogP contribution in [0.15, 0.2) is 30.3 Å². The smallest absolute Gasteiger partial charge is 0.00234 e. The second-order valence-electron chi connectivity index (χ2n) is 4.59. The lowest BCUT2D eigenvalue weighted by Gasteiger charge is -2.16. The highest BCUT2D eigenvalue weighted by molar-refractivity contribution is 5.14. The van der Waals surface area contributed by atoms with Gasteiger partial charge in [-0.1, -0.05) is 50.1 Å². The molecule has 1 heteroatoms. The van der Waals surface area contributed by atoms with E-state index in [4.69, 9.17) is 0 Å². The molecule has 0 amide bonds. The fraction of sp³-hybridized carbons (Fsp3) is 0.600. The van der Waals surface area contributed by atoms with E-state index in [0.717, 1.165) is 12.5 Å². The molecule has 1 N–H and O–H groups in total. The van der Waals surface area contributed by atoms with Crippen molar-refractivity contribution < 1.29 is 0 Å². The van der Waals surface area contributed by atoms with Crippen molar-refractivity contribution in [2.45, 2.75) is 39.0 Å². The zero-order valence-corrected chi connectivity index (χ0v) is 10.7. The van der Waals surface area contributed by atoms with Gasteiger partial charge in [0.25, 0.3) is 0 Å². The van der Waals surface area contributed by atoms with E-state index in [1.54, 1.807) is 0 Å². The van der Waals surface area contributed by atoms with E-state index >= 15 is 0 Å². The first-order valence-electron chi connectivity index (χ1n) is 6.55. The van der Waals surface area contributed by atoms with Crippen LogP contribution in [0.5, 0.6) is 0 Å². The fourth-order valence-electron chi connectivity index (χ4n) is 2.15. The van der Waals surface area contributed by atoms with Crippen LogP contribution in [0.3, 0.4) is 0 Å². The van der Waals surface area contributed by atoms with Gasteiger partial charge in [0, 0.05) is 0 Å². The second kappa shape index (κ2) is 8.35. The highest BCUT2D eigenvalue weighted by Crippen LogP contribution is 2.15. The van der Waals surface area contributed by atoms with E-state index in [-0.39, 0.29) is 0 Å². The molecular formula is C15H25N. The van der Waals surface area contributed by atoms with E-state index in [1.165, 1.54) is 37.7 Å². The molecule has 1 atom stereocenters. The molecule has 1 aromatic rings. The summed E-state index contributed by atoms with van der Waals surface area (Å²) in [7, 11) is 2.06. The molecule has 0 aromatic heterocycles. The molecule has 0 heterocycles. The van der Waals surface area contributed by atoms with Gasteiger partial charge in [0.15, 0.2) is 0 Å². The first kappa shape index (κ1) is 13.2. The number of benzene rings is 1. The quantitative estimate of drug-likeness (QED) is 0.704. The second-order valence-corrected chi connectivity index (χ2v) is 4.59. The maximum absolute atomic E-state index is 3.31. The lowest BCUT2D eigenvalue weighted by atomic mass is 9.94. The number of aryl methyl sites for hydroxylation is 1. The molecule has 1 unspecified atom stereocenters. The van der Waals surface area contributed by atoms with Crippen LogP contribution < -0.4 is 5.32 Å². The van der Waals surface area contributed by atoms with Gasteiger partial charge in [0.2, 0.25) is 0 Å². The molecule has 1 rings (SSSR count). The number of hydrogen-bond acceptors (Lipinski definition) is 1. The third-order valence-electron chi connectivity index (χ3n) is 3.14. The van der Waals surface area contributed by atoms with E-state index in [9.17, 15) is 0 Å². The number of unbranched alkanes of at least 4 members (excludes halogenated alkanes) is 1. The van der Waals surface area contributed by atoms with Crippen LogP contribution in [0.25, 0.3) is 0 Å². The van der Waals surface area contributed by atoms with Crippen molar-refractivity contribution in [3.63, 3.8) is 0 Å². The third-order valence-corrected chi connectivity index (χ3v) is 3.14. The van der Waals surface area contributed by atoms with Crippen LogP contribution in [0.2, 0.25) is 0 Å². The predicted molar refractivity (Wildman–Crippen MR) is 71.7 cm³/mol. The molecule has 0 saturated carbocycles. The van der Waals surface area contributed by atoms with Gasteiger partial charge in [-0.15, -0.1) is 0 Å². The van der Waals surface area contributed by atoms with Crippen LogP contribution in [0.1, 0.15) is 38.2 Å². The van der Waals surface area contributed by atoms with Gasteiger partial charge in [-0.25, -0.2) is 0 Å². The van der Waals surface area contributed by atoms with Crippen LogP contribution >= 0.6 is 0 Å². The van der Waals surface area contributed by atoms with Crippen molar-refractivity contribution in [3.05, 3.63) is 35.9 Å². The summed E-state index contributed by atoms with van der Waals surface area (Å²) in [6, 6.07) is 10.8. The normalized spacial score (nSPS) is 12.6. The summed E-state index contributed by atoms with van der Waals surface area (Å²) in [6.07, 6.45) is 6.57. The maximum Gasteiger partial charge on any atom is -0.00234 e. The van der Waals surface area contributed by atoms with Crippen molar-refractivity contribution in [1.29, 1.82) is 0 Å². The minimum absolute atomic E-state index is 0.838. The van der Waals surface area contributed by atoms with Gasteiger partial charge in [-0.2, -0.15) is 0 Å². The molecule has 0 fully saturated rings. The average molecular weight is 219 g/mol. The summed E-state index contributed by atoms with van der Waals surface area (Å²) in [5.74, 6) is 0.838. The first-order valence-corrected chi connectivity index (χ1v) is 6.55. The lowest BCUT2D eigenvalue weighted by molar-refractivity contribution is 0.419. The highest BCUT2D eigenvalue weighted by atomic mass is 14.8. The van der Waals surface area contributed by atoms with E-state index < -0.39 is 0 Å². The number of nitrogens with one attached hydrogen (secondary N) is 1. The van der Waals surface area contributed by atoms with E-state index in [2.05, 4.69) is 49.6 Å². The largest absolute Gasteiger partial charge is 0.319 e. The van der Waals surface area contributed by atoms with Crippen LogP contribution in [-0.4, -0.2) is 13.6 Å². The Kier molecular flexibility index (Phi) is 6.91. The molecule has 0 aliphatic rings. The maximum atomic E-state index is 3.31. The van der Waals surface area contributed by atoms with Crippen LogP contribution in [0.4, 0.5) is 0 Å². The average Bonchev–Trinajstić information content (AvgIpc) is 2.34. The molecule has 0 radical (unpaired) electrons. The summed E-state index contributed by atoms with van der Waals surface area (Å²) in [6.45, 7) is 3.43. The Morgan fingerprint density at radius 1 is 1.12 bits per heavy atom. The zero-order valence-electron chi connectivity index (χ0n) is 10.7. The van der Waals surface area contributed by atoms with E-state index in [1.807, 2.05) is 0 Å². The Bertz CT molecular complexity index is 255. The Labute approximate surface area is 100 Å². The molecule has 1 nitrogen and oxygen atoms in total. The van der Waals surface area contributed by atoms with Crippen molar-refractivity contribution in [2.75, 3.05) is 13.6 Å². The van der Waals surface area contributed by atoms with Crippen molar-refractivity contribution in [1.82, 2.24) is 5.32 Å². The fourth-order valence-corrected chi connectivity index (χ4v) is 2.15. The molecule has 0 bridgehead atoms. The SMILES string of the molecule is CCCCC(CCc1ccccc1)CNC. The summed E-state index contributed by atoms with van der Waals surface area (Å²) in [4.78, 5) is 0. The summed E-state index contributed by atoms with van der Waals surface area (Å²) >= 11 is 0. The summed E-state index contributed by atoms with van der Waals surface area (Å²) < 4.78 is 0. The zero-order chi connectivity index (χ0) is 11.6.